The number of rotatable bonds is 6. The summed E-state index contributed by atoms with van der Waals surface area (Å²) in [6, 6.07) is 10.1. The van der Waals surface area contributed by atoms with Gasteiger partial charge in [-0.25, -0.2) is 4.79 Å². The van der Waals surface area contributed by atoms with Crippen LogP contribution in [0.2, 0.25) is 5.02 Å². The van der Waals surface area contributed by atoms with Gasteiger partial charge >= 0.3 is 5.97 Å². The normalized spacial score (nSPS) is 10.2. The van der Waals surface area contributed by atoms with Gasteiger partial charge in [-0.2, -0.15) is 0 Å². The summed E-state index contributed by atoms with van der Waals surface area (Å²) in [5.41, 5.74) is 0.642. The Bertz CT molecular complexity index is 785. The van der Waals surface area contributed by atoms with Crippen molar-refractivity contribution >= 4 is 29.4 Å². The second-order valence-corrected chi connectivity index (χ2v) is 5.69. The molecule has 0 aliphatic rings. The average molecular weight is 365 g/mol. The lowest BCUT2D eigenvalue weighted by atomic mass is 10.2. The van der Waals surface area contributed by atoms with Gasteiger partial charge in [0, 0.05) is 19.7 Å². The number of ether oxygens (including phenoxy) is 1. The molecule has 2 amide bonds. The van der Waals surface area contributed by atoms with Gasteiger partial charge in [0.2, 0.25) is 11.7 Å². The summed E-state index contributed by atoms with van der Waals surface area (Å²) < 4.78 is 10.3. The predicted molar refractivity (Wildman–Crippen MR) is 91.1 cm³/mol. The highest BCUT2D eigenvalue weighted by atomic mass is 35.5. The van der Waals surface area contributed by atoms with Crippen LogP contribution < -0.4 is 5.32 Å². The van der Waals surface area contributed by atoms with E-state index in [0.29, 0.717) is 16.3 Å². The number of carbonyl (C=O) groups is 3. The molecule has 0 aliphatic carbocycles. The number of halogens is 1. The lowest BCUT2D eigenvalue weighted by molar-refractivity contribution is -0.131. The molecule has 1 aromatic heterocycles. The molecule has 7 nitrogen and oxygen atoms in total. The molecule has 0 saturated carbocycles. The maximum Gasteiger partial charge on any atom is 0.374 e. The molecule has 0 fully saturated rings. The Labute approximate surface area is 149 Å². The maximum atomic E-state index is 11.9. The van der Waals surface area contributed by atoms with E-state index in [0.717, 1.165) is 0 Å². The highest BCUT2D eigenvalue weighted by Gasteiger charge is 2.16. The molecule has 2 aromatic rings. The first kappa shape index (κ1) is 18.5. The van der Waals surface area contributed by atoms with Crippen LogP contribution in [0.1, 0.15) is 10.6 Å². The summed E-state index contributed by atoms with van der Waals surface area (Å²) >= 11 is 6.07. The average Bonchev–Trinajstić information content (AvgIpc) is 3.07. The predicted octanol–water partition coefficient (Wildman–Crippen LogP) is 1.96. The van der Waals surface area contributed by atoms with E-state index in [2.05, 4.69) is 5.32 Å². The van der Waals surface area contributed by atoms with Gasteiger partial charge in [-0.05, 0) is 24.3 Å². The minimum atomic E-state index is -0.785. The third-order valence-corrected chi connectivity index (χ3v) is 3.55. The number of amides is 2. The number of hydrogen-bond acceptors (Lipinski definition) is 5. The summed E-state index contributed by atoms with van der Waals surface area (Å²) in [7, 11) is 3.14. The van der Waals surface area contributed by atoms with Crippen molar-refractivity contribution in [2.75, 3.05) is 27.2 Å². The van der Waals surface area contributed by atoms with Crippen molar-refractivity contribution in [1.82, 2.24) is 10.2 Å². The number of furan rings is 1. The monoisotopic (exact) mass is 364 g/mol. The standard InChI is InChI=1S/C17H17ClN2O5/c1-20(2)16(22)9-19-15(21)10-24-17(23)14-8-7-13(25-14)11-5-3-4-6-12(11)18/h3-8H,9-10H2,1-2H3,(H,19,21). The molecule has 2 rings (SSSR count). The Kier molecular flexibility index (Phi) is 6.19. The van der Waals surface area contributed by atoms with Crippen LogP contribution in [0.15, 0.2) is 40.8 Å². The van der Waals surface area contributed by atoms with Gasteiger partial charge < -0.3 is 19.4 Å². The molecule has 0 aliphatic heterocycles. The molecule has 1 aromatic carbocycles. The van der Waals surface area contributed by atoms with Crippen LogP contribution in [0, 0.1) is 0 Å². The number of hydrogen-bond donors (Lipinski definition) is 1. The molecule has 0 bridgehead atoms. The molecule has 0 saturated heterocycles. The Morgan fingerprint density at radius 1 is 1.16 bits per heavy atom. The number of carbonyl (C=O) groups excluding carboxylic acids is 3. The van der Waals surface area contributed by atoms with Crippen molar-refractivity contribution in [2.45, 2.75) is 0 Å². The Hall–Kier alpha value is -2.80. The number of likely N-dealkylation sites (N-methyl/N-ethyl adjacent to an activating group) is 1. The van der Waals surface area contributed by atoms with Gasteiger partial charge in [-0.15, -0.1) is 0 Å². The maximum absolute atomic E-state index is 11.9. The molecule has 8 heteroatoms. The minimum Gasteiger partial charge on any atom is -0.450 e. The SMILES string of the molecule is CN(C)C(=O)CNC(=O)COC(=O)c1ccc(-c2ccccc2Cl)o1. The van der Waals surface area contributed by atoms with E-state index in [1.165, 1.54) is 11.0 Å². The van der Waals surface area contributed by atoms with Crippen LogP contribution in [-0.2, 0) is 14.3 Å². The van der Waals surface area contributed by atoms with Gasteiger partial charge in [0.1, 0.15) is 5.76 Å². The molecule has 0 unspecified atom stereocenters. The lowest BCUT2D eigenvalue weighted by Crippen LogP contribution is -2.38. The van der Waals surface area contributed by atoms with Crippen LogP contribution in [0.4, 0.5) is 0 Å². The minimum absolute atomic E-state index is 0.0490. The Morgan fingerprint density at radius 2 is 1.88 bits per heavy atom. The van der Waals surface area contributed by atoms with Crippen LogP contribution >= 0.6 is 11.6 Å². The van der Waals surface area contributed by atoms with E-state index < -0.39 is 18.5 Å². The van der Waals surface area contributed by atoms with Gasteiger partial charge in [0.15, 0.2) is 6.61 Å². The van der Waals surface area contributed by atoms with Crippen molar-refractivity contribution in [3.63, 3.8) is 0 Å². The summed E-state index contributed by atoms with van der Waals surface area (Å²) in [5, 5.41) is 2.84. The lowest BCUT2D eigenvalue weighted by Gasteiger charge is -2.10. The van der Waals surface area contributed by atoms with Crippen molar-refractivity contribution < 1.29 is 23.5 Å². The van der Waals surface area contributed by atoms with E-state index in [9.17, 15) is 14.4 Å². The van der Waals surface area contributed by atoms with E-state index in [1.807, 2.05) is 0 Å². The van der Waals surface area contributed by atoms with E-state index in [4.69, 9.17) is 20.8 Å². The van der Waals surface area contributed by atoms with Crippen molar-refractivity contribution in [2.24, 2.45) is 0 Å². The fourth-order valence-electron chi connectivity index (χ4n) is 1.84. The van der Waals surface area contributed by atoms with Gasteiger partial charge in [0.25, 0.3) is 5.91 Å². The second kappa shape index (κ2) is 8.34. The van der Waals surface area contributed by atoms with Crippen LogP contribution in [0.25, 0.3) is 11.3 Å². The van der Waals surface area contributed by atoms with Crippen LogP contribution in [-0.4, -0.2) is 49.9 Å². The smallest absolute Gasteiger partial charge is 0.374 e. The fraction of sp³-hybridized carbons (Fsp3) is 0.235. The molecule has 0 atom stereocenters. The Balaban J connectivity index is 1.89. The topological polar surface area (TPSA) is 88.9 Å². The molecule has 132 valence electrons. The van der Waals surface area contributed by atoms with E-state index in [-0.39, 0.29) is 18.2 Å². The van der Waals surface area contributed by atoms with Crippen LogP contribution in [0.5, 0.6) is 0 Å². The zero-order valence-electron chi connectivity index (χ0n) is 13.7. The van der Waals surface area contributed by atoms with E-state index in [1.54, 1.807) is 44.4 Å². The van der Waals surface area contributed by atoms with Crippen LogP contribution in [0.3, 0.4) is 0 Å². The molecule has 25 heavy (non-hydrogen) atoms. The Morgan fingerprint density at radius 3 is 2.56 bits per heavy atom. The van der Waals surface area contributed by atoms with E-state index >= 15 is 0 Å². The first-order valence-electron chi connectivity index (χ1n) is 7.37. The zero-order chi connectivity index (χ0) is 18.4. The number of nitrogens with zero attached hydrogens (tertiary/aromatic N) is 1. The number of benzene rings is 1. The zero-order valence-corrected chi connectivity index (χ0v) is 14.5. The van der Waals surface area contributed by atoms with Crippen molar-refractivity contribution in [1.29, 1.82) is 0 Å². The molecule has 0 radical (unpaired) electrons. The second-order valence-electron chi connectivity index (χ2n) is 5.28. The fourth-order valence-corrected chi connectivity index (χ4v) is 2.07. The molecule has 0 spiro atoms. The number of esters is 1. The van der Waals surface area contributed by atoms with Gasteiger partial charge in [0.05, 0.1) is 11.6 Å². The third kappa shape index (κ3) is 5.09. The summed E-state index contributed by atoms with van der Waals surface area (Å²) in [6.45, 7) is -0.678. The largest absolute Gasteiger partial charge is 0.450 e. The summed E-state index contributed by atoms with van der Waals surface area (Å²) in [5.74, 6) is -1.27. The molecular formula is C17H17ClN2O5. The molecular weight excluding hydrogens is 348 g/mol. The highest BCUT2D eigenvalue weighted by Crippen LogP contribution is 2.29. The summed E-state index contributed by atoms with van der Waals surface area (Å²) in [4.78, 5) is 36.2. The quantitative estimate of drug-likeness (QED) is 0.791. The van der Waals surface area contributed by atoms with Crippen molar-refractivity contribution in [3.8, 4) is 11.3 Å². The molecule has 1 heterocycles. The number of nitrogens with one attached hydrogen (secondary N) is 1. The van der Waals surface area contributed by atoms with Gasteiger partial charge in [-0.3, -0.25) is 9.59 Å². The highest BCUT2D eigenvalue weighted by molar-refractivity contribution is 6.33. The molecule has 1 N–H and O–H groups in total. The summed E-state index contributed by atoms with van der Waals surface area (Å²) in [6.07, 6.45) is 0. The van der Waals surface area contributed by atoms with Crippen molar-refractivity contribution in [3.05, 3.63) is 47.2 Å². The first-order chi connectivity index (χ1) is 11.9. The van der Waals surface area contributed by atoms with Gasteiger partial charge in [-0.1, -0.05) is 23.7 Å². The first-order valence-corrected chi connectivity index (χ1v) is 7.75. The third-order valence-electron chi connectivity index (χ3n) is 3.22.